The number of benzene rings is 2. The molecule has 1 aliphatic heterocycles. The maximum absolute atomic E-state index is 11.5. The summed E-state index contributed by atoms with van der Waals surface area (Å²) in [4.78, 5) is 30.1. The van der Waals surface area contributed by atoms with Crippen molar-refractivity contribution in [2.24, 2.45) is 0 Å². The van der Waals surface area contributed by atoms with Crippen LogP contribution >= 0.6 is 35.1 Å². The zero-order chi connectivity index (χ0) is 32.5. The zero-order valence-corrected chi connectivity index (χ0v) is 28.2. The Morgan fingerprint density at radius 1 is 0.870 bits per heavy atom. The predicted octanol–water partition coefficient (Wildman–Crippen LogP) is 4.92. The summed E-state index contributed by atoms with van der Waals surface area (Å²) >= 11 is 15.7. The van der Waals surface area contributed by atoms with Crippen LogP contribution in [0.2, 0.25) is 10.0 Å². The van der Waals surface area contributed by atoms with E-state index in [2.05, 4.69) is 30.6 Å². The molecule has 0 radical (unpaired) electrons. The normalized spacial score (nSPS) is 14.4. The van der Waals surface area contributed by atoms with Crippen LogP contribution in [0.4, 0.5) is 0 Å². The standard InChI is InChI=1S/C32H36Cl2N8O3S/c1-35-46-13-12-36-15-26-31(44-2)41-24(17-38-26)22-8-4-6-20(29(22)33)21-7-5-9-23(30(21)34)25-18-39-27(32(42-25)45-3)16-37-14-19-10-11-28(43)40-19/h4-9,17-19,35-37H,10-16H2,1-3H3,(H,40,43)/t19-/m0/s1. The third-order valence-corrected chi connectivity index (χ3v) is 8.95. The molecule has 3 heterocycles. The monoisotopic (exact) mass is 682 g/mol. The van der Waals surface area contributed by atoms with Gasteiger partial charge in [-0.25, -0.2) is 9.97 Å². The SMILES string of the molecule is CNSCCNCc1ncc(-c2cccc(-c3cccc(-c4cnc(CNC[C@@H]5CCC(=O)N5)c(OC)n4)c3Cl)c2Cl)nc1OC. The van der Waals surface area contributed by atoms with E-state index < -0.39 is 0 Å². The zero-order valence-electron chi connectivity index (χ0n) is 25.8. The van der Waals surface area contributed by atoms with Gasteiger partial charge in [0.25, 0.3) is 0 Å². The number of rotatable bonds is 15. The molecule has 2 aromatic carbocycles. The largest absolute Gasteiger partial charge is 0.480 e. The molecule has 1 atom stereocenters. The van der Waals surface area contributed by atoms with E-state index in [9.17, 15) is 4.79 Å². The number of hydrogen-bond donors (Lipinski definition) is 4. The molecule has 4 aromatic rings. The molecule has 1 fully saturated rings. The average Bonchev–Trinajstić information content (AvgIpc) is 3.49. The molecule has 0 saturated carbocycles. The van der Waals surface area contributed by atoms with Gasteiger partial charge < -0.3 is 25.4 Å². The van der Waals surface area contributed by atoms with E-state index in [1.165, 1.54) is 0 Å². The second kappa shape index (κ2) is 16.3. The number of nitrogens with one attached hydrogen (secondary N) is 4. The van der Waals surface area contributed by atoms with Crippen molar-refractivity contribution in [2.45, 2.75) is 32.0 Å². The maximum Gasteiger partial charge on any atom is 0.237 e. The van der Waals surface area contributed by atoms with Crippen molar-refractivity contribution in [1.82, 2.24) is 40.6 Å². The van der Waals surface area contributed by atoms with E-state index >= 15 is 0 Å². The fourth-order valence-electron chi connectivity index (χ4n) is 5.13. The Morgan fingerprint density at radius 2 is 1.41 bits per heavy atom. The first kappa shape index (κ1) is 33.8. The van der Waals surface area contributed by atoms with Gasteiger partial charge in [0.05, 0.1) is 48.0 Å². The smallest absolute Gasteiger partial charge is 0.237 e. The number of amides is 1. The Kier molecular flexibility index (Phi) is 12.0. The fraction of sp³-hybridized carbons (Fsp3) is 0.344. The Balaban J connectivity index is 1.37. The Hall–Kier alpha value is -3.52. The van der Waals surface area contributed by atoms with Crippen molar-refractivity contribution in [3.05, 3.63) is 70.2 Å². The molecule has 2 aromatic heterocycles. The summed E-state index contributed by atoms with van der Waals surface area (Å²) < 4.78 is 14.2. The summed E-state index contributed by atoms with van der Waals surface area (Å²) in [7, 11) is 5.04. The molecule has 1 aliphatic rings. The van der Waals surface area contributed by atoms with Crippen LogP contribution in [0.15, 0.2) is 48.8 Å². The number of nitrogens with zero attached hydrogens (tertiary/aromatic N) is 4. The van der Waals surface area contributed by atoms with Crippen LogP contribution in [0.1, 0.15) is 24.2 Å². The molecule has 5 rings (SSSR count). The molecule has 1 saturated heterocycles. The van der Waals surface area contributed by atoms with E-state index in [1.807, 2.05) is 43.4 Å². The van der Waals surface area contributed by atoms with E-state index in [-0.39, 0.29) is 11.9 Å². The van der Waals surface area contributed by atoms with Crippen molar-refractivity contribution in [1.29, 1.82) is 0 Å². The number of halogens is 2. The highest BCUT2D eigenvalue weighted by molar-refractivity contribution is 7.97. The Morgan fingerprint density at radius 3 is 1.91 bits per heavy atom. The first-order chi connectivity index (χ1) is 22.4. The lowest BCUT2D eigenvalue weighted by Gasteiger charge is -2.15. The highest BCUT2D eigenvalue weighted by atomic mass is 35.5. The summed E-state index contributed by atoms with van der Waals surface area (Å²) in [5.74, 6) is 1.83. The van der Waals surface area contributed by atoms with Crippen LogP contribution in [-0.2, 0) is 17.9 Å². The molecule has 242 valence electrons. The van der Waals surface area contributed by atoms with Gasteiger partial charge in [-0.1, -0.05) is 71.5 Å². The summed E-state index contributed by atoms with van der Waals surface area (Å²) in [6, 6.07) is 11.5. The molecule has 4 N–H and O–H groups in total. The van der Waals surface area contributed by atoms with Gasteiger partial charge >= 0.3 is 0 Å². The van der Waals surface area contributed by atoms with E-state index in [0.717, 1.165) is 29.8 Å². The summed E-state index contributed by atoms with van der Waals surface area (Å²) in [6.07, 6.45) is 4.76. The third-order valence-electron chi connectivity index (χ3n) is 7.44. The number of methoxy groups -OCH3 is 2. The lowest BCUT2D eigenvalue weighted by molar-refractivity contribution is -0.119. The van der Waals surface area contributed by atoms with E-state index in [0.29, 0.717) is 81.8 Å². The molecule has 0 unspecified atom stereocenters. The first-order valence-electron chi connectivity index (χ1n) is 14.8. The minimum Gasteiger partial charge on any atom is -0.480 e. The van der Waals surface area contributed by atoms with Crippen molar-refractivity contribution in [2.75, 3.05) is 40.1 Å². The number of ether oxygens (including phenoxy) is 2. The van der Waals surface area contributed by atoms with Crippen LogP contribution in [0.3, 0.4) is 0 Å². The number of carbonyl (C=O) groups is 1. The summed E-state index contributed by atoms with van der Waals surface area (Å²) in [5.41, 5.74) is 5.37. The van der Waals surface area contributed by atoms with Crippen LogP contribution in [0.25, 0.3) is 33.6 Å². The van der Waals surface area contributed by atoms with Gasteiger partial charge in [0.15, 0.2) is 0 Å². The lowest BCUT2D eigenvalue weighted by atomic mass is 9.98. The van der Waals surface area contributed by atoms with Crippen LogP contribution in [0.5, 0.6) is 11.8 Å². The van der Waals surface area contributed by atoms with E-state index in [1.54, 1.807) is 38.6 Å². The molecule has 0 bridgehead atoms. The minimum absolute atomic E-state index is 0.0857. The van der Waals surface area contributed by atoms with Crippen LogP contribution in [-0.4, -0.2) is 72.0 Å². The molecule has 0 spiro atoms. The molecule has 1 amide bonds. The first-order valence-corrected chi connectivity index (χ1v) is 16.5. The van der Waals surface area contributed by atoms with Crippen LogP contribution in [0, 0.1) is 0 Å². The second-order valence-electron chi connectivity index (χ2n) is 10.4. The third kappa shape index (κ3) is 8.06. The number of hydrogen-bond acceptors (Lipinski definition) is 11. The van der Waals surface area contributed by atoms with Gasteiger partial charge in [-0.2, -0.15) is 0 Å². The van der Waals surface area contributed by atoms with Gasteiger partial charge in [-0.15, -0.1) is 0 Å². The molecule has 11 nitrogen and oxygen atoms in total. The summed E-state index contributed by atoms with van der Waals surface area (Å²) in [6.45, 7) is 2.43. The van der Waals surface area contributed by atoms with E-state index in [4.69, 9.17) is 42.6 Å². The summed E-state index contributed by atoms with van der Waals surface area (Å²) in [5, 5.41) is 10.6. The Labute approximate surface area is 282 Å². The predicted molar refractivity (Wildman–Crippen MR) is 183 cm³/mol. The molecular weight excluding hydrogens is 647 g/mol. The molecule has 14 heteroatoms. The Bertz CT molecular complexity index is 1680. The molecular formula is C32H36Cl2N8O3S. The van der Waals surface area contributed by atoms with Gasteiger partial charge in [-0.3, -0.25) is 19.5 Å². The quantitative estimate of drug-likeness (QED) is 0.101. The van der Waals surface area contributed by atoms with Gasteiger partial charge in [0, 0.05) is 66.6 Å². The highest BCUT2D eigenvalue weighted by Crippen LogP contribution is 2.42. The van der Waals surface area contributed by atoms with Crippen molar-refractivity contribution in [3.8, 4) is 45.4 Å². The topological polar surface area (TPSA) is 135 Å². The van der Waals surface area contributed by atoms with Crippen LogP contribution < -0.4 is 30.1 Å². The van der Waals surface area contributed by atoms with Gasteiger partial charge in [0.2, 0.25) is 17.7 Å². The number of carbonyl (C=O) groups excluding carboxylic acids is 1. The van der Waals surface area contributed by atoms with Crippen molar-refractivity contribution in [3.63, 3.8) is 0 Å². The lowest BCUT2D eigenvalue weighted by Crippen LogP contribution is -2.35. The number of aromatic nitrogens is 4. The maximum atomic E-state index is 11.5. The molecule has 46 heavy (non-hydrogen) atoms. The van der Waals surface area contributed by atoms with Gasteiger partial charge in [-0.05, 0) is 13.5 Å². The minimum atomic E-state index is 0.0857. The molecule has 0 aliphatic carbocycles. The second-order valence-corrected chi connectivity index (χ2v) is 12.3. The van der Waals surface area contributed by atoms with Crippen molar-refractivity contribution < 1.29 is 14.3 Å². The fourth-order valence-corrected chi connectivity index (χ4v) is 6.23. The highest BCUT2D eigenvalue weighted by Gasteiger charge is 2.21. The average molecular weight is 684 g/mol. The van der Waals surface area contributed by atoms with Crippen molar-refractivity contribution >= 4 is 41.1 Å². The van der Waals surface area contributed by atoms with Gasteiger partial charge in [0.1, 0.15) is 11.4 Å².